The first-order chi connectivity index (χ1) is 62.7. The number of piperazine rings is 1. The number of pyridine rings is 1. The fourth-order valence-electron chi connectivity index (χ4n) is 15.6. The van der Waals surface area contributed by atoms with Crippen molar-refractivity contribution in [2.75, 3.05) is 71.9 Å². The lowest BCUT2D eigenvalue weighted by Crippen LogP contribution is -2.62. The Kier molecular flexibility index (Phi) is 39.3. The van der Waals surface area contributed by atoms with Gasteiger partial charge < -0.3 is 114 Å². The Morgan fingerprint density at radius 2 is 1.02 bits per heavy atom. The van der Waals surface area contributed by atoms with Crippen LogP contribution in [0.1, 0.15) is 108 Å². The van der Waals surface area contributed by atoms with Crippen molar-refractivity contribution >= 4 is 140 Å². The molecule has 2 aliphatic heterocycles. The molecule has 3 aromatic carbocycles. The number of aliphatic hydroxyl groups excluding tert-OH is 1. The number of rotatable bonds is 27. The average Bonchev–Trinajstić information content (AvgIpc) is 1.65. The number of aliphatic carboxylic acids is 2. The number of para-hydroxylation sites is 2. The third-order valence-electron chi connectivity index (χ3n) is 22.7. The van der Waals surface area contributed by atoms with Crippen molar-refractivity contribution in [1.29, 1.82) is 0 Å². The number of nitrogens with zero attached hydrogens (tertiary/aromatic N) is 7. The van der Waals surface area contributed by atoms with Gasteiger partial charge in [-0.3, -0.25) is 91.4 Å². The highest BCUT2D eigenvalue weighted by atomic mass is 32.2. The zero-order valence-electron chi connectivity index (χ0n) is 75.3. The molecule has 2 fully saturated rings. The van der Waals surface area contributed by atoms with Crippen molar-refractivity contribution in [2.24, 2.45) is 31.5 Å². The first kappa shape index (κ1) is 104. The summed E-state index contributed by atoms with van der Waals surface area (Å²) in [7, 11) is 7.16. The highest BCUT2D eigenvalue weighted by Crippen LogP contribution is 2.26. The van der Waals surface area contributed by atoms with Crippen molar-refractivity contribution in [3.05, 3.63) is 138 Å². The largest absolute Gasteiger partial charge is 0.481 e. The van der Waals surface area contributed by atoms with E-state index in [0.717, 1.165) is 28.5 Å². The molecule has 8 rings (SSSR count). The quantitative estimate of drug-likeness (QED) is 0.0235. The molecule has 0 aliphatic carbocycles. The number of aliphatic hydroxyl groups is 1. The van der Waals surface area contributed by atoms with Gasteiger partial charge in [-0.1, -0.05) is 86.6 Å². The maximum absolute atomic E-state index is 16.0. The van der Waals surface area contributed by atoms with Gasteiger partial charge in [0.05, 0.1) is 31.2 Å². The number of carboxylic acids is 2. The van der Waals surface area contributed by atoms with Crippen LogP contribution in [-0.2, 0) is 121 Å². The number of nitrogens with one attached hydrogen (secondary N) is 12. The van der Waals surface area contributed by atoms with Crippen LogP contribution in [0.2, 0.25) is 0 Å². The molecule has 3 aromatic heterocycles. The van der Waals surface area contributed by atoms with Crippen LogP contribution >= 0.6 is 11.8 Å². The topological polar surface area (TPSA) is 600 Å². The van der Waals surface area contributed by atoms with Crippen molar-refractivity contribution in [3.63, 3.8) is 0 Å². The first-order valence-corrected chi connectivity index (χ1v) is 44.6. The summed E-state index contributed by atoms with van der Waals surface area (Å²) in [5.41, 5.74) is 14.7. The number of primary amides is 2. The molecule has 714 valence electrons. The highest BCUT2D eigenvalue weighted by molar-refractivity contribution is 8.00. The van der Waals surface area contributed by atoms with E-state index in [-0.39, 0.29) is 97.1 Å². The number of unbranched alkanes of at least 4 members (excludes halogenated alkanes) is 1. The van der Waals surface area contributed by atoms with Crippen LogP contribution in [0, 0.1) is 5.92 Å². The summed E-state index contributed by atoms with van der Waals surface area (Å²) in [6.45, 7) is 6.55. The minimum Gasteiger partial charge on any atom is -0.481 e. The molecular weight excluding hydrogens is 1730 g/mol. The molecule has 42 nitrogen and oxygen atoms in total. The second kappa shape index (κ2) is 50.0. The minimum absolute atomic E-state index is 0.00728. The van der Waals surface area contributed by atoms with Gasteiger partial charge in [-0.15, -0.1) is 11.8 Å². The van der Waals surface area contributed by atoms with Gasteiger partial charge in [0.2, 0.25) is 88.6 Å². The standard InChI is InChI=1S/C89H121N21O21S/c1-50(2)37-61-79(121)97-60(27-19-30-74(115)116)88(130)108(9)69(38-53-21-11-10-12-22-53)84(126)100-62(40-55-45-105(6)67-28-15-13-24-57(55)67)80(122)96-59(26-17-18-32-94-89(131)110-35-33-109(34-36-110)47-75(117)118)78(120)99-63(41-56-46-106(7)68-29-16-14-25-58(56)68)83(125)104-76(52(4)111)86(128)102-65(43-72(113)92-5)82(124)103-66(77(91)119)48-132-49-73(114)95-51(3)87(129)107(8)70(39-54-23-20-31-93-44-54)85(127)101-64(42-71(90)112)81(123)98-61/h10-16,20-25,28-29,31,44-46,50-52,59-66,69-70,76,111H,17-19,26-27,30,32-43,47-49H2,1-9H3,(H2,90,112)(H2,91,119)(H,92,113)(H,94,131)(H,95,114)(H,96,122)(H,97,121)(H,98,123)(H,99,120)(H,100,126)(H,101,127)(H,102,128)(H,103,124)(H,104,125)(H,115,116)(H,117,118)/t51-,52-,59+,60+,61?,62+,63+,64+,65+,66+,69+,70+,76+/m1/s1. The molecule has 19 N–H and O–H groups in total. The van der Waals surface area contributed by atoms with Crippen LogP contribution in [-0.4, -0.2) is 306 Å². The summed E-state index contributed by atoms with van der Waals surface area (Å²) >= 11 is 0.734. The van der Waals surface area contributed by atoms with Crippen molar-refractivity contribution < 1.29 is 102 Å². The summed E-state index contributed by atoms with van der Waals surface area (Å²) < 4.78 is 3.53. The summed E-state index contributed by atoms with van der Waals surface area (Å²) in [6, 6.07) is 4.64. The van der Waals surface area contributed by atoms with E-state index in [9.17, 15) is 72.9 Å². The number of benzene rings is 3. The van der Waals surface area contributed by atoms with Gasteiger partial charge in [0.15, 0.2) is 0 Å². The Labute approximate surface area is 766 Å². The van der Waals surface area contributed by atoms with E-state index in [0.29, 0.717) is 44.1 Å². The molecule has 17 amide bonds. The number of amides is 17. The number of aryl methyl sites for hydroxylation is 2. The fraction of sp³-hybridized carbons (Fsp3) is 0.494. The lowest BCUT2D eigenvalue weighted by Gasteiger charge is -2.33. The molecule has 43 heteroatoms. The van der Waals surface area contributed by atoms with E-state index in [1.54, 1.807) is 139 Å². The normalized spacial score (nSPS) is 22.9. The number of urea groups is 1. The summed E-state index contributed by atoms with van der Waals surface area (Å²) in [5.74, 6) is -19.4. The van der Waals surface area contributed by atoms with Gasteiger partial charge in [-0.05, 0) is 98.7 Å². The van der Waals surface area contributed by atoms with E-state index >= 15 is 28.8 Å². The molecule has 132 heavy (non-hydrogen) atoms. The number of hydrogen-bond donors (Lipinski definition) is 17. The van der Waals surface area contributed by atoms with Gasteiger partial charge in [0.1, 0.15) is 72.5 Å². The van der Waals surface area contributed by atoms with E-state index in [4.69, 9.17) is 11.5 Å². The third kappa shape index (κ3) is 30.8. The van der Waals surface area contributed by atoms with Crippen LogP contribution in [0.5, 0.6) is 0 Å². The molecule has 5 heterocycles. The monoisotopic (exact) mass is 1850 g/mol. The molecular formula is C89H121N21O21S. The number of thioether (sulfide) groups is 1. The molecule has 2 aliphatic rings. The molecule has 0 saturated carbocycles. The predicted molar refractivity (Wildman–Crippen MR) is 484 cm³/mol. The number of carboxylic acid groups (broad SMARTS) is 2. The third-order valence-corrected chi connectivity index (χ3v) is 23.8. The van der Waals surface area contributed by atoms with Gasteiger partial charge in [0, 0.05) is 152 Å². The van der Waals surface area contributed by atoms with E-state index < -0.39 is 228 Å². The summed E-state index contributed by atoms with van der Waals surface area (Å²) in [6.07, 6.45) is -0.0554. The summed E-state index contributed by atoms with van der Waals surface area (Å²) in [4.78, 5) is 267. The highest BCUT2D eigenvalue weighted by Gasteiger charge is 2.42. The molecule has 0 radical (unpaired) electrons. The average molecular weight is 1850 g/mol. The Hall–Kier alpha value is -13.6. The van der Waals surface area contributed by atoms with Crippen LogP contribution in [0.4, 0.5) is 4.79 Å². The number of likely N-dealkylation sites (N-methyl/N-ethyl adjacent to an activating group) is 2. The fourth-order valence-corrected chi connectivity index (χ4v) is 16.5. The number of nitrogens with two attached hydrogens (primary N) is 2. The predicted octanol–water partition coefficient (Wildman–Crippen LogP) is -2.64. The van der Waals surface area contributed by atoms with E-state index in [2.05, 4.69) is 68.8 Å². The van der Waals surface area contributed by atoms with Crippen molar-refractivity contribution in [3.8, 4) is 0 Å². The second-order valence-electron chi connectivity index (χ2n) is 33.4. The number of carbonyl (C=O) groups is 18. The smallest absolute Gasteiger partial charge is 0.317 e. The molecule has 0 bridgehead atoms. The molecule has 1 unspecified atom stereocenters. The maximum Gasteiger partial charge on any atom is 0.317 e. The molecule has 0 spiro atoms. The Morgan fingerprint density at radius 1 is 0.523 bits per heavy atom. The molecule has 2 saturated heterocycles. The van der Waals surface area contributed by atoms with Gasteiger partial charge in [-0.2, -0.15) is 0 Å². The SMILES string of the molecule is CNC(=O)C[C@@H]1NC(=O)[C@H]([C@@H](C)O)NC(=O)[C@H](Cc2cn(C)c3ccccc23)NC(=O)[C@H](CCCCNC(=O)N2CCN(CC(=O)O)CC2)NC(=O)[C@H](Cc2cn(C)c3ccccc23)NC(=O)[C@H](Cc2ccccc2)N(C)C(=O)[C@H](CCCC(=O)O)NC(=O)C(CC(C)C)NC(=O)[C@H](CC(N)=O)NC(=O)[C@H](Cc2cccnc2)N(C)C(=O)[C@@H](C)NC(=O)CSC[C@@H](C(N)=O)NC1=O. The summed E-state index contributed by atoms with van der Waals surface area (Å²) in [5, 5.41) is 63.3. The lowest BCUT2D eigenvalue weighted by atomic mass is 9.99. The second-order valence-corrected chi connectivity index (χ2v) is 34.5. The molecule has 13 atom stereocenters. The van der Waals surface area contributed by atoms with Crippen LogP contribution in [0.15, 0.2) is 116 Å². The van der Waals surface area contributed by atoms with Gasteiger partial charge >= 0.3 is 18.0 Å². The zero-order chi connectivity index (χ0) is 96.7. The number of fused-ring (bicyclic) bond motifs is 2. The zero-order valence-corrected chi connectivity index (χ0v) is 76.1. The number of aromatic nitrogens is 3. The minimum atomic E-state index is -2.02. The Bertz CT molecular complexity index is 5120. The van der Waals surface area contributed by atoms with Crippen molar-refractivity contribution in [2.45, 2.75) is 190 Å². The van der Waals surface area contributed by atoms with Crippen LogP contribution in [0.3, 0.4) is 0 Å². The molecule has 6 aromatic rings. The number of carbonyl (C=O) groups excluding carboxylic acids is 16. The Balaban J connectivity index is 1.24. The lowest BCUT2D eigenvalue weighted by molar-refractivity contribution is -0.143. The maximum atomic E-state index is 16.0. The van der Waals surface area contributed by atoms with Crippen LogP contribution < -0.4 is 75.3 Å². The number of hydrogen-bond acceptors (Lipinski definition) is 22. The van der Waals surface area contributed by atoms with Gasteiger partial charge in [0.25, 0.3) is 0 Å². The van der Waals surface area contributed by atoms with E-state index in [1.165, 1.54) is 45.4 Å². The van der Waals surface area contributed by atoms with Crippen LogP contribution in [0.25, 0.3) is 21.8 Å². The van der Waals surface area contributed by atoms with Gasteiger partial charge in [-0.25, -0.2) is 4.79 Å². The first-order valence-electron chi connectivity index (χ1n) is 43.5. The van der Waals surface area contributed by atoms with E-state index in [1.807, 2.05) is 6.07 Å². The van der Waals surface area contributed by atoms with Crippen molar-refractivity contribution in [1.82, 2.24) is 97.5 Å². The Morgan fingerprint density at radius 3 is 1.58 bits per heavy atom.